The molecule has 0 spiro atoms. The van der Waals surface area contributed by atoms with Crippen molar-refractivity contribution < 1.29 is 14.5 Å². The minimum absolute atomic E-state index is 0.0245. The van der Waals surface area contributed by atoms with Gasteiger partial charge in [0.2, 0.25) is 5.91 Å². The molecule has 0 unspecified atom stereocenters. The minimum atomic E-state index is 0.0245. The lowest BCUT2D eigenvalue weighted by Crippen LogP contribution is -3.13. The number of hydrogen-bond acceptors (Lipinski definition) is 2. The Hall–Kier alpha value is -0.900. The SMILES string of the molecule is O=C1CCCN1C(=O)C[NH+]1CCCCC1. The second kappa shape index (κ2) is 4.75. The van der Waals surface area contributed by atoms with E-state index in [4.69, 9.17) is 0 Å². The molecule has 1 N–H and O–H groups in total. The Bertz CT molecular complexity index is 259. The van der Waals surface area contributed by atoms with E-state index in [1.807, 2.05) is 0 Å². The first-order chi connectivity index (χ1) is 7.27. The number of nitrogens with one attached hydrogen (secondary N) is 1. The molecule has 2 saturated heterocycles. The highest BCUT2D eigenvalue weighted by atomic mass is 16.2. The summed E-state index contributed by atoms with van der Waals surface area (Å²) in [5.74, 6) is 0.0609. The molecule has 0 radical (unpaired) electrons. The molecule has 0 aromatic heterocycles. The molecule has 0 saturated carbocycles. The maximum absolute atomic E-state index is 11.8. The number of likely N-dealkylation sites (tertiary alicyclic amines) is 2. The molecular weight excluding hydrogens is 192 g/mol. The monoisotopic (exact) mass is 211 g/mol. The van der Waals surface area contributed by atoms with Gasteiger partial charge in [-0.1, -0.05) is 0 Å². The summed E-state index contributed by atoms with van der Waals surface area (Å²) in [5, 5.41) is 0. The molecule has 2 amide bonds. The van der Waals surface area contributed by atoms with Crippen molar-refractivity contribution in [3.8, 4) is 0 Å². The molecule has 2 rings (SSSR count). The molecule has 0 atom stereocenters. The van der Waals surface area contributed by atoms with Gasteiger partial charge >= 0.3 is 0 Å². The van der Waals surface area contributed by atoms with Crippen molar-refractivity contribution in [3.63, 3.8) is 0 Å². The van der Waals surface area contributed by atoms with Crippen molar-refractivity contribution in [2.24, 2.45) is 0 Å². The van der Waals surface area contributed by atoms with E-state index in [2.05, 4.69) is 0 Å². The van der Waals surface area contributed by atoms with Crippen molar-refractivity contribution in [1.82, 2.24) is 4.90 Å². The maximum atomic E-state index is 11.8. The highest BCUT2D eigenvalue weighted by Gasteiger charge is 2.29. The molecule has 4 nitrogen and oxygen atoms in total. The van der Waals surface area contributed by atoms with E-state index in [9.17, 15) is 9.59 Å². The van der Waals surface area contributed by atoms with Gasteiger partial charge in [0.1, 0.15) is 0 Å². The lowest BCUT2D eigenvalue weighted by atomic mass is 10.1. The molecular formula is C11H19N2O2+. The summed E-state index contributed by atoms with van der Waals surface area (Å²) in [4.78, 5) is 26.0. The van der Waals surface area contributed by atoms with E-state index in [1.54, 1.807) is 0 Å². The topological polar surface area (TPSA) is 41.8 Å². The van der Waals surface area contributed by atoms with Crippen molar-refractivity contribution in [1.29, 1.82) is 0 Å². The van der Waals surface area contributed by atoms with Crippen LogP contribution in [0.25, 0.3) is 0 Å². The summed E-state index contributed by atoms with van der Waals surface area (Å²) in [6.45, 7) is 3.35. The Morgan fingerprint density at radius 2 is 1.93 bits per heavy atom. The average molecular weight is 211 g/mol. The lowest BCUT2D eigenvalue weighted by molar-refractivity contribution is -0.897. The number of amides is 2. The Balaban J connectivity index is 1.82. The summed E-state index contributed by atoms with van der Waals surface area (Å²) in [7, 11) is 0. The lowest BCUT2D eigenvalue weighted by Gasteiger charge is -2.24. The minimum Gasteiger partial charge on any atom is -0.327 e. The quantitative estimate of drug-likeness (QED) is 0.650. The van der Waals surface area contributed by atoms with Crippen LogP contribution in [0.1, 0.15) is 32.1 Å². The van der Waals surface area contributed by atoms with E-state index in [0.717, 1.165) is 19.5 Å². The molecule has 0 bridgehead atoms. The first-order valence-electron chi connectivity index (χ1n) is 5.94. The summed E-state index contributed by atoms with van der Waals surface area (Å²) < 4.78 is 0. The molecule has 2 heterocycles. The summed E-state index contributed by atoms with van der Waals surface area (Å²) in [6.07, 6.45) is 5.13. The zero-order valence-corrected chi connectivity index (χ0v) is 9.13. The van der Waals surface area contributed by atoms with Gasteiger partial charge in [0, 0.05) is 13.0 Å². The van der Waals surface area contributed by atoms with Crippen LogP contribution in [0.15, 0.2) is 0 Å². The normalized spacial score (nSPS) is 23.5. The average Bonchev–Trinajstić information content (AvgIpc) is 2.66. The predicted octanol–water partition coefficient (Wildman–Crippen LogP) is -0.796. The van der Waals surface area contributed by atoms with Crippen LogP contribution in [0.5, 0.6) is 0 Å². The van der Waals surface area contributed by atoms with Gasteiger partial charge in [0.25, 0.3) is 5.91 Å². The molecule has 0 aromatic carbocycles. The molecule has 2 fully saturated rings. The fourth-order valence-corrected chi connectivity index (χ4v) is 2.45. The maximum Gasteiger partial charge on any atom is 0.284 e. The van der Waals surface area contributed by atoms with Gasteiger partial charge in [-0.3, -0.25) is 14.5 Å². The number of hydrogen-bond donors (Lipinski definition) is 1. The standard InChI is InChI=1S/C11H18N2O2/c14-10-5-4-8-13(10)11(15)9-12-6-2-1-3-7-12/h1-9H2/p+1. The highest BCUT2D eigenvalue weighted by molar-refractivity contribution is 5.97. The van der Waals surface area contributed by atoms with Gasteiger partial charge in [-0.2, -0.15) is 0 Å². The number of imide groups is 1. The van der Waals surface area contributed by atoms with Gasteiger partial charge in [-0.05, 0) is 25.7 Å². The van der Waals surface area contributed by atoms with Crippen LogP contribution in [0, 0.1) is 0 Å². The van der Waals surface area contributed by atoms with Crippen molar-refractivity contribution >= 4 is 11.8 Å². The second-order valence-corrected chi connectivity index (χ2v) is 4.53. The summed E-state index contributed by atoms with van der Waals surface area (Å²) >= 11 is 0. The first kappa shape index (κ1) is 10.6. The van der Waals surface area contributed by atoms with Gasteiger partial charge in [0.05, 0.1) is 13.1 Å². The molecule has 0 aromatic rings. The van der Waals surface area contributed by atoms with Crippen LogP contribution in [-0.4, -0.2) is 42.9 Å². The van der Waals surface area contributed by atoms with Crippen LogP contribution in [-0.2, 0) is 9.59 Å². The first-order valence-corrected chi connectivity index (χ1v) is 5.94. The van der Waals surface area contributed by atoms with Crippen LogP contribution in [0.2, 0.25) is 0 Å². The Kier molecular flexibility index (Phi) is 3.36. The smallest absolute Gasteiger partial charge is 0.284 e. The third-order valence-corrected chi connectivity index (χ3v) is 3.34. The molecule has 15 heavy (non-hydrogen) atoms. The Labute approximate surface area is 90.2 Å². The second-order valence-electron chi connectivity index (χ2n) is 4.53. The van der Waals surface area contributed by atoms with Crippen LogP contribution in [0.4, 0.5) is 0 Å². The highest BCUT2D eigenvalue weighted by Crippen LogP contribution is 2.08. The molecule has 2 aliphatic rings. The Morgan fingerprint density at radius 3 is 2.53 bits per heavy atom. The van der Waals surface area contributed by atoms with E-state index in [1.165, 1.54) is 29.1 Å². The van der Waals surface area contributed by atoms with Gasteiger partial charge in [0.15, 0.2) is 6.54 Å². The van der Waals surface area contributed by atoms with E-state index >= 15 is 0 Å². The van der Waals surface area contributed by atoms with E-state index in [0.29, 0.717) is 19.5 Å². The van der Waals surface area contributed by atoms with Gasteiger partial charge < -0.3 is 4.90 Å². The predicted molar refractivity (Wildman–Crippen MR) is 55.4 cm³/mol. The van der Waals surface area contributed by atoms with Crippen LogP contribution < -0.4 is 4.90 Å². The summed E-state index contributed by atoms with van der Waals surface area (Å²) in [6, 6.07) is 0. The van der Waals surface area contributed by atoms with E-state index in [-0.39, 0.29) is 11.8 Å². The largest absolute Gasteiger partial charge is 0.327 e. The third-order valence-electron chi connectivity index (χ3n) is 3.34. The zero-order chi connectivity index (χ0) is 10.7. The van der Waals surface area contributed by atoms with Crippen molar-refractivity contribution in [2.75, 3.05) is 26.2 Å². The number of carbonyl (C=O) groups is 2. The van der Waals surface area contributed by atoms with Crippen molar-refractivity contribution in [3.05, 3.63) is 0 Å². The number of nitrogens with zero attached hydrogens (tertiary/aromatic N) is 1. The fraction of sp³-hybridized carbons (Fsp3) is 0.818. The van der Waals surface area contributed by atoms with Crippen molar-refractivity contribution in [2.45, 2.75) is 32.1 Å². The molecule has 2 aliphatic heterocycles. The van der Waals surface area contributed by atoms with Gasteiger partial charge in [-0.15, -0.1) is 0 Å². The third kappa shape index (κ3) is 2.56. The number of quaternary nitrogens is 1. The molecule has 0 aliphatic carbocycles. The number of piperidine rings is 1. The van der Waals surface area contributed by atoms with Crippen LogP contribution >= 0.6 is 0 Å². The number of carbonyl (C=O) groups excluding carboxylic acids is 2. The van der Waals surface area contributed by atoms with Crippen LogP contribution in [0.3, 0.4) is 0 Å². The number of rotatable bonds is 2. The fourth-order valence-electron chi connectivity index (χ4n) is 2.45. The molecule has 84 valence electrons. The van der Waals surface area contributed by atoms with E-state index < -0.39 is 0 Å². The zero-order valence-electron chi connectivity index (χ0n) is 9.13. The van der Waals surface area contributed by atoms with Gasteiger partial charge in [-0.25, -0.2) is 0 Å². The Morgan fingerprint density at radius 1 is 1.20 bits per heavy atom. The summed E-state index contributed by atoms with van der Waals surface area (Å²) in [5.41, 5.74) is 0. The molecule has 4 heteroatoms.